The molecule has 2 N–H and O–H groups in total. The van der Waals surface area contributed by atoms with E-state index in [1.807, 2.05) is 23.1 Å². The second-order valence-electron chi connectivity index (χ2n) is 5.52. The molecule has 2 rings (SSSR count). The summed E-state index contributed by atoms with van der Waals surface area (Å²) >= 11 is 0. The zero-order chi connectivity index (χ0) is 14.5. The first kappa shape index (κ1) is 14.9. The van der Waals surface area contributed by atoms with Gasteiger partial charge in [-0.15, -0.1) is 0 Å². The third kappa shape index (κ3) is 3.31. The molecule has 1 unspecified atom stereocenters. The molecule has 0 radical (unpaired) electrons. The normalized spacial score (nSPS) is 15.7. The molecule has 0 bridgehead atoms. The van der Waals surface area contributed by atoms with Crippen molar-refractivity contribution in [3.63, 3.8) is 0 Å². The Kier molecular flexibility index (Phi) is 5.01. The standard InChI is InChI=1S/C16H24N2O2/c1-12(11-17)5-8-16(19)18-9-3-4-13-10-14(20-2)6-7-15(13)18/h6-7,10,12H,3-5,8-9,11,17H2,1-2H3. The number of aryl methyl sites for hydroxylation is 1. The number of carbonyl (C=O) groups excluding carboxylic acids is 1. The maximum absolute atomic E-state index is 12.4. The highest BCUT2D eigenvalue weighted by Gasteiger charge is 2.22. The van der Waals surface area contributed by atoms with Gasteiger partial charge in [-0.05, 0) is 55.5 Å². The second kappa shape index (κ2) is 6.75. The first-order chi connectivity index (χ1) is 9.65. The van der Waals surface area contributed by atoms with Gasteiger partial charge in [0.25, 0.3) is 0 Å². The summed E-state index contributed by atoms with van der Waals surface area (Å²) in [6.07, 6.45) is 3.45. The Labute approximate surface area is 120 Å². The van der Waals surface area contributed by atoms with Crippen molar-refractivity contribution in [3.8, 4) is 5.75 Å². The van der Waals surface area contributed by atoms with Crippen molar-refractivity contribution in [2.24, 2.45) is 11.7 Å². The predicted molar refractivity (Wildman–Crippen MR) is 81.1 cm³/mol. The van der Waals surface area contributed by atoms with Gasteiger partial charge in [-0.2, -0.15) is 0 Å². The fourth-order valence-corrected chi connectivity index (χ4v) is 2.58. The zero-order valence-electron chi connectivity index (χ0n) is 12.4. The molecule has 0 spiro atoms. The van der Waals surface area contributed by atoms with Crippen LogP contribution in [0.15, 0.2) is 18.2 Å². The van der Waals surface area contributed by atoms with E-state index < -0.39 is 0 Å². The number of carbonyl (C=O) groups is 1. The highest BCUT2D eigenvalue weighted by atomic mass is 16.5. The Bertz CT molecular complexity index is 474. The third-order valence-electron chi connectivity index (χ3n) is 3.96. The summed E-state index contributed by atoms with van der Waals surface area (Å²) in [5, 5.41) is 0. The van der Waals surface area contributed by atoms with Crippen LogP contribution in [-0.4, -0.2) is 26.1 Å². The van der Waals surface area contributed by atoms with Crippen molar-refractivity contribution in [2.75, 3.05) is 25.1 Å². The lowest BCUT2D eigenvalue weighted by atomic mass is 9.99. The summed E-state index contributed by atoms with van der Waals surface area (Å²) in [4.78, 5) is 14.3. The van der Waals surface area contributed by atoms with E-state index in [1.165, 1.54) is 5.56 Å². The van der Waals surface area contributed by atoms with Crippen LogP contribution in [0, 0.1) is 5.92 Å². The second-order valence-corrected chi connectivity index (χ2v) is 5.52. The van der Waals surface area contributed by atoms with Crippen LogP contribution < -0.4 is 15.4 Å². The molecular weight excluding hydrogens is 252 g/mol. The summed E-state index contributed by atoms with van der Waals surface area (Å²) in [6, 6.07) is 5.96. The summed E-state index contributed by atoms with van der Waals surface area (Å²) in [5.74, 6) is 1.46. The number of amides is 1. The summed E-state index contributed by atoms with van der Waals surface area (Å²) in [7, 11) is 1.67. The number of fused-ring (bicyclic) bond motifs is 1. The molecule has 0 saturated heterocycles. The molecule has 0 aliphatic carbocycles. The van der Waals surface area contributed by atoms with Crippen LogP contribution in [0.2, 0.25) is 0 Å². The number of nitrogens with zero attached hydrogens (tertiary/aromatic N) is 1. The third-order valence-corrected chi connectivity index (χ3v) is 3.96. The molecule has 1 heterocycles. The molecule has 0 fully saturated rings. The van der Waals surface area contributed by atoms with Gasteiger partial charge in [0.1, 0.15) is 5.75 Å². The monoisotopic (exact) mass is 276 g/mol. The average molecular weight is 276 g/mol. The Balaban J connectivity index is 2.09. The first-order valence-electron chi connectivity index (χ1n) is 7.33. The van der Waals surface area contributed by atoms with Gasteiger partial charge < -0.3 is 15.4 Å². The number of benzene rings is 1. The number of hydrogen-bond donors (Lipinski definition) is 1. The van der Waals surface area contributed by atoms with Crippen molar-refractivity contribution in [1.82, 2.24) is 0 Å². The number of rotatable bonds is 5. The highest BCUT2D eigenvalue weighted by molar-refractivity contribution is 5.94. The molecule has 1 aliphatic heterocycles. The van der Waals surface area contributed by atoms with Crippen molar-refractivity contribution in [3.05, 3.63) is 23.8 Å². The van der Waals surface area contributed by atoms with Gasteiger partial charge in [-0.1, -0.05) is 6.92 Å². The van der Waals surface area contributed by atoms with Crippen molar-refractivity contribution in [2.45, 2.75) is 32.6 Å². The maximum atomic E-state index is 12.4. The number of methoxy groups -OCH3 is 1. The lowest BCUT2D eigenvalue weighted by Crippen LogP contribution is -2.35. The van der Waals surface area contributed by atoms with E-state index in [0.29, 0.717) is 18.9 Å². The van der Waals surface area contributed by atoms with E-state index in [2.05, 4.69) is 6.92 Å². The van der Waals surface area contributed by atoms with Gasteiger partial charge in [-0.3, -0.25) is 4.79 Å². The predicted octanol–water partition coefficient (Wildman–Crippen LogP) is 2.35. The van der Waals surface area contributed by atoms with Gasteiger partial charge in [0, 0.05) is 18.7 Å². The molecule has 1 amide bonds. The van der Waals surface area contributed by atoms with E-state index in [1.54, 1.807) is 7.11 Å². The first-order valence-corrected chi connectivity index (χ1v) is 7.33. The molecule has 4 heteroatoms. The molecule has 1 aromatic carbocycles. The fraction of sp³-hybridized carbons (Fsp3) is 0.562. The summed E-state index contributed by atoms with van der Waals surface area (Å²) < 4.78 is 5.25. The minimum Gasteiger partial charge on any atom is -0.497 e. The molecule has 1 aromatic rings. The van der Waals surface area contributed by atoms with Crippen molar-refractivity contribution >= 4 is 11.6 Å². The van der Waals surface area contributed by atoms with E-state index in [-0.39, 0.29) is 5.91 Å². The number of ether oxygens (including phenoxy) is 1. The lowest BCUT2D eigenvalue weighted by Gasteiger charge is -2.30. The minimum atomic E-state index is 0.205. The zero-order valence-corrected chi connectivity index (χ0v) is 12.4. The Hall–Kier alpha value is -1.55. The van der Waals surface area contributed by atoms with E-state index in [0.717, 1.165) is 37.2 Å². The summed E-state index contributed by atoms with van der Waals surface area (Å²) in [5.41, 5.74) is 7.85. The van der Waals surface area contributed by atoms with Crippen LogP contribution in [0.3, 0.4) is 0 Å². The van der Waals surface area contributed by atoms with Crippen molar-refractivity contribution < 1.29 is 9.53 Å². The van der Waals surface area contributed by atoms with Gasteiger partial charge in [-0.25, -0.2) is 0 Å². The van der Waals surface area contributed by atoms with Crippen LogP contribution in [0.1, 0.15) is 31.7 Å². The topological polar surface area (TPSA) is 55.6 Å². The van der Waals surface area contributed by atoms with Crippen LogP contribution >= 0.6 is 0 Å². The van der Waals surface area contributed by atoms with Gasteiger partial charge >= 0.3 is 0 Å². The van der Waals surface area contributed by atoms with Gasteiger partial charge in [0.15, 0.2) is 0 Å². The van der Waals surface area contributed by atoms with E-state index in [9.17, 15) is 4.79 Å². The smallest absolute Gasteiger partial charge is 0.226 e. The molecule has 1 aliphatic rings. The van der Waals surface area contributed by atoms with Crippen LogP contribution in [0.4, 0.5) is 5.69 Å². The molecule has 110 valence electrons. The highest BCUT2D eigenvalue weighted by Crippen LogP contribution is 2.31. The minimum absolute atomic E-state index is 0.205. The Morgan fingerprint density at radius 3 is 3.00 bits per heavy atom. The molecule has 4 nitrogen and oxygen atoms in total. The fourth-order valence-electron chi connectivity index (χ4n) is 2.58. The molecule has 1 atom stereocenters. The largest absolute Gasteiger partial charge is 0.497 e. The lowest BCUT2D eigenvalue weighted by molar-refractivity contribution is -0.119. The van der Waals surface area contributed by atoms with E-state index >= 15 is 0 Å². The molecule has 0 saturated carbocycles. The number of nitrogens with two attached hydrogens (primary N) is 1. The number of hydrogen-bond acceptors (Lipinski definition) is 3. The Morgan fingerprint density at radius 1 is 1.50 bits per heavy atom. The SMILES string of the molecule is COc1ccc2c(c1)CCCN2C(=O)CCC(C)CN. The molecule has 20 heavy (non-hydrogen) atoms. The average Bonchev–Trinajstić information content (AvgIpc) is 2.50. The summed E-state index contributed by atoms with van der Waals surface area (Å²) in [6.45, 7) is 3.54. The van der Waals surface area contributed by atoms with Crippen molar-refractivity contribution in [1.29, 1.82) is 0 Å². The quantitative estimate of drug-likeness (QED) is 0.898. The van der Waals surface area contributed by atoms with Crippen LogP contribution in [-0.2, 0) is 11.2 Å². The van der Waals surface area contributed by atoms with E-state index in [4.69, 9.17) is 10.5 Å². The van der Waals surface area contributed by atoms with Crippen LogP contribution in [0.5, 0.6) is 5.75 Å². The van der Waals surface area contributed by atoms with Crippen LogP contribution in [0.25, 0.3) is 0 Å². The van der Waals surface area contributed by atoms with Gasteiger partial charge in [0.05, 0.1) is 7.11 Å². The molecular formula is C16H24N2O2. The molecule has 0 aromatic heterocycles. The van der Waals surface area contributed by atoms with Gasteiger partial charge in [0.2, 0.25) is 5.91 Å². The number of anilines is 1. The Morgan fingerprint density at radius 2 is 2.30 bits per heavy atom. The maximum Gasteiger partial charge on any atom is 0.226 e.